The van der Waals surface area contributed by atoms with Crippen molar-refractivity contribution in [1.29, 1.82) is 0 Å². The second kappa shape index (κ2) is 5.67. The Bertz CT molecular complexity index is 580. The summed E-state index contributed by atoms with van der Waals surface area (Å²) < 4.78 is 1.87. The van der Waals surface area contributed by atoms with E-state index < -0.39 is 0 Å². The molecule has 3 rings (SSSR count). The minimum Gasteiger partial charge on any atom is -0.312 e. The molecule has 4 nitrogen and oxygen atoms in total. The van der Waals surface area contributed by atoms with Gasteiger partial charge in [-0.15, -0.1) is 11.6 Å². The molecule has 104 valence electrons. The van der Waals surface area contributed by atoms with Gasteiger partial charge in [0.25, 0.3) is 0 Å². The molecule has 1 saturated heterocycles. The van der Waals surface area contributed by atoms with Crippen LogP contribution in [0.2, 0.25) is 0 Å². The molecule has 1 aliphatic rings. The molecule has 0 saturated carbocycles. The second-order valence-corrected chi connectivity index (χ2v) is 5.41. The lowest BCUT2D eigenvalue weighted by atomic mass is 10.1. The van der Waals surface area contributed by atoms with Crippen molar-refractivity contribution in [3.63, 3.8) is 0 Å². The average molecular weight is 290 g/mol. The summed E-state index contributed by atoms with van der Waals surface area (Å²) in [6.07, 6.45) is 4.26. The average Bonchev–Trinajstić information content (AvgIpc) is 3.09. The highest BCUT2D eigenvalue weighted by Gasteiger charge is 2.29. The summed E-state index contributed by atoms with van der Waals surface area (Å²) in [5.41, 5.74) is 2.12. The first-order chi connectivity index (χ1) is 9.76. The molecule has 1 atom stereocenters. The number of hydrogen-bond donors (Lipinski definition) is 0. The van der Waals surface area contributed by atoms with E-state index in [-0.39, 0.29) is 11.8 Å². The zero-order chi connectivity index (χ0) is 13.9. The van der Waals surface area contributed by atoms with Gasteiger partial charge in [-0.05, 0) is 29.7 Å². The summed E-state index contributed by atoms with van der Waals surface area (Å²) in [6, 6.07) is 9.97. The van der Waals surface area contributed by atoms with Gasteiger partial charge in [-0.3, -0.25) is 9.48 Å². The van der Waals surface area contributed by atoms with Gasteiger partial charge >= 0.3 is 0 Å². The van der Waals surface area contributed by atoms with E-state index in [9.17, 15) is 4.79 Å². The summed E-state index contributed by atoms with van der Waals surface area (Å²) in [4.78, 5) is 13.8. The summed E-state index contributed by atoms with van der Waals surface area (Å²) in [7, 11) is 0. The van der Waals surface area contributed by atoms with Gasteiger partial charge in [0.2, 0.25) is 5.91 Å². The van der Waals surface area contributed by atoms with Crippen LogP contribution in [0.15, 0.2) is 42.7 Å². The topological polar surface area (TPSA) is 38.1 Å². The van der Waals surface area contributed by atoms with Crippen molar-refractivity contribution in [2.24, 2.45) is 5.92 Å². The molecule has 2 aromatic rings. The van der Waals surface area contributed by atoms with Crippen LogP contribution in [0.4, 0.5) is 5.69 Å². The Morgan fingerprint density at radius 1 is 1.30 bits per heavy atom. The van der Waals surface area contributed by atoms with Crippen LogP contribution in [0.5, 0.6) is 0 Å². The number of nitrogens with zero attached hydrogens (tertiary/aromatic N) is 3. The van der Waals surface area contributed by atoms with E-state index in [1.165, 1.54) is 0 Å². The van der Waals surface area contributed by atoms with Crippen LogP contribution in [0.25, 0.3) is 0 Å². The number of anilines is 1. The zero-order valence-corrected chi connectivity index (χ0v) is 11.8. The maximum absolute atomic E-state index is 11.9. The number of carbonyl (C=O) groups excluding carboxylic acids is 1. The monoisotopic (exact) mass is 289 g/mol. The van der Waals surface area contributed by atoms with E-state index >= 15 is 0 Å². The van der Waals surface area contributed by atoms with Gasteiger partial charge in [0.1, 0.15) is 0 Å². The Morgan fingerprint density at radius 3 is 2.70 bits per heavy atom. The molecule has 5 heteroatoms. The van der Waals surface area contributed by atoms with Crippen LogP contribution in [0, 0.1) is 5.92 Å². The maximum Gasteiger partial charge on any atom is 0.227 e. The quantitative estimate of drug-likeness (QED) is 0.811. The van der Waals surface area contributed by atoms with E-state index in [4.69, 9.17) is 11.6 Å². The Kier molecular flexibility index (Phi) is 3.74. The van der Waals surface area contributed by atoms with E-state index in [1.807, 2.05) is 46.1 Å². The lowest BCUT2D eigenvalue weighted by molar-refractivity contribution is -0.117. The Balaban J connectivity index is 1.71. The van der Waals surface area contributed by atoms with Gasteiger partial charge < -0.3 is 4.90 Å². The lowest BCUT2D eigenvalue weighted by Gasteiger charge is -2.16. The first-order valence-corrected chi connectivity index (χ1v) is 7.22. The fourth-order valence-electron chi connectivity index (χ4n) is 2.50. The van der Waals surface area contributed by atoms with Crippen LogP contribution in [0.3, 0.4) is 0 Å². The molecule has 0 N–H and O–H groups in total. The third kappa shape index (κ3) is 2.70. The van der Waals surface area contributed by atoms with Gasteiger partial charge in [-0.1, -0.05) is 12.1 Å². The van der Waals surface area contributed by atoms with E-state index in [2.05, 4.69) is 5.10 Å². The number of alkyl halides is 1. The SMILES string of the molecule is O=C1CC(CCl)CN1c1ccc(Cn2cccn2)cc1. The summed E-state index contributed by atoms with van der Waals surface area (Å²) in [6.45, 7) is 1.46. The molecule has 1 aromatic heterocycles. The molecule has 0 spiro atoms. The zero-order valence-electron chi connectivity index (χ0n) is 11.1. The predicted molar refractivity (Wildman–Crippen MR) is 79.0 cm³/mol. The number of amides is 1. The number of benzene rings is 1. The highest BCUT2D eigenvalue weighted by molar-refractivity contribution is 6.18. The molecular weight excluding hydrogens is 274 g/mol. The Morgan fingerprint density at radius 2 is 2.10 bits per heavy atom. The van der Waals surface area contributed by atoms with Gasteiger partial charge in [0.15, 0.2) is 0 Å². The number of carbonyl (C=O) groups is 1. The highest BCUT2D eigenvalue weighted by Crippen LogP contribution is 2.26. The molecule has 0 aliphatic carbocycles. The molecule has 0 radical (unpaired) electrons. The lowest BCUT2D eigenvalue weighted by Crippen LogP contribution is -2.24. The summed E-state index contributed by atoms with van der Waals surface area (Å²) in [5, 5.41) is 4.18. The van der Waals surface area contributed by atoms with E-state index in [0.29, 0.717) is 12.3 Å². The van der Waals surface area contributed by atoms with Crippen molar-refractivity contribution in [2.75, 3.05) is 17.3 Å². The largest absolute Gasteiger partial charge is 0.312 e. The molecule has 0 bridgehead atoms. The normalized spacial score (nSPS) is 18.8. The fourth-order valence-corrected chi connectivity index (χ4v) is 2.70. The van der Waals surface area contributed by atoms with Crippen molar-refractivity contribution in [2.45, 2.75) is 13.0 Å². The first-order valence-electron chi connectivity index (χ1n) is 6.69. The molecule has 1 fully saturated rings. The number of hydrogen-bond acceptors (Lipinski definition) is 2. The van der Waals surface area contributed by atoms with Crippen molar-refractivity contribution in [3.8, 4) is 0 Å². The van der Waals surface area contributed by atoms with Crippen molar-refractivity contribution in [1.82, 2.24) is 9.78 Å². The number of rotatable bonds is 4. The van der Waals surface area contributed by atoms with Crippen LogP contribution < -0.4 is 4.90 Å². The van der Waals surface area contributed by atoms with Gasteiger partial charge in [0.05, 0.1) is 6.54 Å². The minimum absolute atomic E-state index is 0.162. The Hall–Kier alpha value is -1.81. The number of halogens is 1. The fraction of sp³-hybridized carbons (Fsp3) is 0.333. The van der Waals surface area contributed by atoms with Crippen LogP contribution in [0.1, 0.15) is 12.0 Å². The van der Waals surface area contributed by atoms with Gasteiger partial charge in [-0.2, -0.15) is 5.10 Å². The molecular formula is C15H16ClN3O. The van der Waals surface area contributed by atoms with Crippen LogP contribution >= 0.6 is 11.6 Å². The number of aromatic nitrogens is 2. The first kappa shape index (κ1) is 13.2. The van der Waals surface area contributed by atoms with Gasteiger partial charge in [0, 0.05) is 36.9 Å². The Labute approximate surface area is 123 Å². The standard InChI is InChI=1S/C15H16ClN3O/c16-9-13-8-15(20)19(11-13)14-4-2-12(3-5-14)10-18-7-1-6-17-18/h1-7,13H,8-11H2. The van der Waals surface area contributed by atoms with E-state index in [0.717, 1.165) is 24.3 Å². The highest BCUT2D eigenvalue weighted by atomic mass is 35.5. The molecule has 1 aliphatic heterocycles. The predicted octanol–water partition coefficient (Wildman–Crippen LogP) is 2.52. The van der Waals surface area contributed by atoms with E-state index in [1.54, 1.807) is 6.20 Å². The molecule has 2 heterocycles. The molecule has 1 amide bonds. The second-order valence-electron chi connectivity index (χ2n) is 5.10. The molecule has 1 unspecified atom stereocenters. The van der Waals surface area contributed by atoms with Crippen LogP contribution in [-0.4, -0.2) is 28.1 Å². The maximum atomic E-state index is 11.9. The third-order valence-corrected chi connectivity index (χ3v) is 4.01. The molecule has 20 heavy (non-hydrogen) atoms. The van der Waals surface area contributed by atoms with Crippen molar-refractivity contribution < 1.29 is 4.79 Å². The summed E-state index contributed by atoms with van der Waals surface area (Å²) in [5.74, 6) is 0.975. The third-order valence-electron chi connectivity index (χ3n) is 3.58. The van der Waals surface area contributed by atoms with Crippen molar-refractivity contribution >= 4 is 23.2 Å². The van der Waals surface area contributed by atoms with Gasteiger partial charge in [-0.25, -0.2) is 0 Å². The smallest absolute Gasteiger partial charge is 0.227 e. The van der Waals surface area contributed by atoms with Crippen molar-refractivity contribution in [3.05, 3.63) is 48.3 Å². The summed E-state index contributed by atoms with van der Waals surface area (Å²) >= 11 is 5.84. The molecule has 1 aromatic carbocycles. The van der Waals surface area contributed by atoms with Crippen LogP contribution in [-0.2, 0) is 11.3 Å². The minimum atomic E-state index is 0.162.